The van der Waals surface area contributed by atoms with Crippen molar-refractivity contribution in [3.63, 3.8) is 0 Å². The first-order chi connectivity index (χ1) is 16.7. The van der Waals surface area contributed by atoms with Crippen LogP contribution in [0.3, 0.4) is 0 Å². The summed E-state index contributed by atoms with van der Waals surface area (Å²) in [5, 5.41) is 0. The van der Waals surface area contributed by atoms with Crippen LogP contribution in [0.5, 0.6) is 11.5 Å². The molecule has 0 spiro atoms. The molecule has 0 amide bonds. The van der Waals surface area contributed by atoms with Crippen LogP contribution in [0.4, 0.5) is 5.69 Å². The third kappa shape index (κ3) is 5.25. The number of hydrogen-bond acceptors (Lipinski definition) is 4. The highest BCUT2D eigenvalue weighted by Gasteiger charge is 2.25. The maximum Gasteiger partial charge on any atom is 0.187 e. The highest BCUT2D eigenvalue weighted by Crippen LogP contribution is 2.46. The third-order valence-electron chi connectivity index (χ3n) is 6.39. The van der Waals surface area contributed by atoms with Gasteiger partial charge >= 0.3 is 0 Å². The monoisotopic (exact) mass is 455 g/mol. The molecule has 34 heavy (non-hydrogen) atoms. The van der Waals surface area contributed by atoms with Crippen LogP contribution < -0.4 is 9.47 Å². The van der Waals surface area contributed by atoms with Crippen molar-refractivity contribution in [1.82, 2.24) is 0 Å². The van der Waals surface area contributed by atoms with Crippen molar-refractivity contribution in [2.24, 2.45) is 0 Å². The van der Waals surface area contributed by atoms with Crippen molar-refractivity contribution in [3.05, 3.63) is 88.8 Å². The topological polar surface area (TPSA) is 44.6 Å². The molecular formula is C29H29NO4. The van der Waals surface area contributed by atoms with Gasteiger partial charge in [0.25, 0.3) is 0 Å². The SMILES string of the molecule is [C-]#[N+]c1ccc2c(c1)C(C)c1cc(COc3ccc(OCCCCOCC4CO4)cc3)ccc1-2. The second-order valence-corrected chi connectivity index (χ2v) is 8.87. The number of nitrogens with zero attached hydrogens (tertiary/aromatic N) is 1. The summed E-state index contributed by atoms with van der Waals surface area (Å²) in [7, 11) is 0. The van der Waals surface area contributed by atoms with Crippen LogP contribution in [0.15, 0.2) is 60.7 Å². The zero-order valence-electron chi connectivity index (χ0n) is 19.5. The average Bonchev–Trinajstić information content (AvgIpc) is 3.67. The van der Waals surface area contributed by atoms with E-state index >= 15 is 0 Å². The fourth-order valence-electron chi connectivity index (χ4n) is 4.37. The number of unbranched alkanes of at least 4 members (excludes halogenated alkanes) is 1. The summed E-state index contributed by atoms with van der Waals surface area (Å²) < 4.78 is 22.5. The Hall–Kier alpha value is -3.33. The lowest BCUT2D eigenvalue weighted by molar-refractivity contribution is 0.110. The van der Waals surface area contributed by atoms with Crippen LogP contribution in [0, 0.1) is 6.57 Å². The van der Waals surface area contributed by atoms with Crippen LogP contribution in [0.1, 0.15) is 42.4 Å². The second kappa shape index (κ2) is 10.3. The van der Waals surface area contributed by atoms with Crippen molar-refractivity contribution in [2.45, 2.75) is 38.4 Å². The van der Waals surface area contributed by atoms with Gasteiger partial charge in [-0.25, -0.2) is 4.85 Å². The van der Waals surface area contributed by atoms with E-state index in [1.54, 1.807) is 0 Å². The Balaban J connectivity index is 1.09. The molecule has 0 aromatic heterocycles. The summed E-state index contributed by atoms with van der Waals surface area (Å²) in [5.41, 5.74) is 6.86. The minimum atomic E-state index is 0.279. The van der Waals surface area contributed by atoms with Gasteiger partial charge in [0.2, 0.25) is 0 Å². The highest BCUT2D eigenvalue weighted by atomic mass is 16.6. The lowest BCUT2D eigenvalue weighted by Gasteiger charge is -2.11. The van der Waals surface area contributed by atoms with Crippen molar-refractivity contribution in [2.75, 3.05) is 26.4 Å². The first-order valence-electron chi connectivity index (χ1n) is 11.9. The molecule has 2 unspecified atom stereocenters. The predicted molar refractivity (Wildman–Crippen MR) is 132 cm³/mol. The van der Waals surface area contributed by atoms with Crippen molar-refractivity contribution >= 4 is 5.69 Å². The molecule has 5 rings (SSSR count). The van der Waals surface area contributed by atoms with Gasteiger partial charge in [0.1, 0.15) is 24.2 Å². The van der Waals surface area contributed by atoms with Crippen molar-refractivity contribution < 1.29 is 18.9 Å². The average molecular weight is 456 g/mol. The smallest absolute Gasteiger partial charge is 0.187 e. The quantitative estimate of drug-likeness (QED) is 0.187. The molecule has 0 N–H and O–H groups in total. The first-order valence-corrected chi connectivity index (χ1v) is 11.9. The summed E-state index contributed by atoms with van der Waals surface area (Å²) >= 11 is 0. The minimum Gasteiger partial charge on any atom is -0.494 e. The van der Waals surface area contributed by atoms with E-state index in [4.69, 9.17) is 25.5 Å². The summed E-state index contributed by atoms with van der Waals surface area (Å²) in [5.74, 6) is 1.95. The zero-order chi connectivity index (χ0) is 23.3. The van der Waals surface area contributed by atoms with Gasteiger partial charge in [0.15, 0.2) is 5.69 Å². The predicted octanol–water partition coefficient (Wildman–Crippen LogP) is 6.52. The van der Waals surface area contributed by atoms with Crippen LogP contribution in [0.2, 0.25) is 0 Å². The van der Waals surface area contributed by atoms with E-state index in [9.17, 15) is 0 Å². The van der Waals surface area contributed by atoms with E-state index in [-0.39, 0.29) is 5.92 Å². The number of rotatable bonds is 11. The molecule has 174 valence electrons. The lowest BCUT2D eigenvalue weighted by atomic mass is 9.98. The Morgan fingerprint density at radius 1 is 0.882 bits per heavy atom. The summed E-state index contributed by atoms with van der Waals surface area (Å²) in [4.78, 5) is 3.58. The number of epoxide rings is 1. The molecule has 0 radical (unpaired) electrons. The summed E-state index contributed by atoms with van der Waals surface area (Å²) in [6, 6.07) is 20.3. The largest absolute Gasteiger partial charge is 0.494 e. The molecule has 3 aromatic carbocycles. The standard InChI is InChI=1S/C29H29NO4/c1-20-28-15-21(5-11-26(28)27-12-6-22(30-2)16-29(20)27)17-33-24-9-7-23(8-10-24)32-14-4-3-13-31-18-25-19-34-25/h5-12,15-16,20,25H,3-4,13-14,17-19H2,1H3. The normalized spacial score (nSPS) is 17.5. The van der Waals surface area contributed by atoms with Gasteiger partial charge < -0.3 is 18.9 Å². The van der Waals surface area contributed by atoms with Crippen LogP contribution in [0.25, 0.3) is 16.0 Å². The molecule has 0 bridgehead atoms. The van der Waals surface area contributed by atoms with E-state index in [0.29, 0.717) is 31.6 Å². The molecule has 1 saturated heterocycles. The fourth-order valence-corrected chi connectivity index (χ4v) is 4.37. The number of benzene rings is 3. The first kappa shape index (κ1) is 22.5. The van der Waals surface area contributed by atoms with Gasteiger partial charge in [-0.3, -0.25) is 0 Å². The van der Waals surface area contributed by atoms with Gasteiger partial charge in [0.05, 0.1) is 26.4 Å². The molecule has 1 aliphatic heterocycles. The van der Waals surface area contributed by atoms with Gasteiger partial charge in [-0.05, 0) is 64.9 Å². The second-order valence-electron chi connectivity index (χ2n) is 8.87. The fraction of sp³-hybridized carbons (Fsp3) is 0.345. The lowest BCUT2D eigenvalue weighted by Crippen LogP contribution is -2.04. The van der Waals surface area contributed by atoms with E-state index in [1.165, 1.54) is 22.3 Å². The van der Waals surface area contributed by atoms with Crippen molar-refractivity contribution in [1.29, 1.82) is 0 Å². The molecule has 0 saturated carbocycles. The van der Waals surface area contributed by atoms with Gasteiger partial charge in [-0.15, -0.1) is 0 Å². The number of hydrogen-bond donors (Lipinski definition) is 0. The molecule has 2 atom stereocenters. The molecular weight excluding hydrogens is 426 g/mol. The Morgan fingerprint density at radius 2 is 1.56 bits per heavy atom. The molecule has 1 heterocycles. The van der Waals surface area contributed by atoms with Crippen LogP contribution >= 0.6 is 0 Å². The number of ether oxygens (including phenoxy) is 4. The van der Waals surface area contributed by atoms with Crippen LogP contribution in [-0.2, 0) is 16.1 Å². The van der Waals surface area contributed by atoms with E-state index < -0.39 is 0 Å². The van der Waals surface area contributed by atoms with E-state index in [2.05, 4.69) is 36.0 Å². The van der Waals surface area contributed by atoms with E-state index in [0.717, 1.165) is 43.1 Å². The van der Waals surface area contributed by atoms with Crippen molar-refractivity contribution in [3.8, 4) is 22.6 Å². The molecule has 5 heteroatoms. The Bertz CT molecular complexity index is 1180. The summed E-state index contributed by atoms with van der Waals surface area (Å²) in [6.07, 6.45) is 2.28. The Kier molecular flexibility index (Phi) is 6.80. The molecule has 2 aliphatic rings. The van der Waals surface area contributed by atoms with Gasteiger partial charge in [-0.1, -0.05) is 43.3 Å². The molecule has 5 nitrogen and oxygen atoms in total. The maximum absolute atomic E-state index is 7.29. The summed E-state index contributed by atoms with van der Waals surface area (Å²) in [6.45, 7) is 13.0. The van der Waals surface area contributed by atoms with Gasteiger partial charge in [0, 0.05) is 12.5 Å². The molecule has 1 fully saturated rings. The number of fused-ring (bicyclic) bond motifs is 3. The van der Waals surface area contributed by atoms with Gasteiger partial charge in [-0.2, -0.15) is 0 Å². The Morgan fingerprint density at radius 3 is 2.29 bits per heavy atom. The van der Waals surface area contributed by atoms with E-state index in [1.807, 2.05) is 36.4 Å². The molecule has 3 aromatic rings. The third-order valence-corrected chi connectivity index (χ3v) is 6.39. The van der Waals surface area contributed by atoms with Crippen LogP contribution in [-0.4, -0.2) is 32.5 Å². The molecule has 1 aliphatic carbocycles. The maximum atomic E-state index is 7.29. The highest BCUT2D eigenvalue weighted by molar-refractivity contribution is 5.80. The Labute approximate surface area is 201 Å². The minimum absolute atomic E-state index is 0.279. The zero-order valence-corrected chi connectivity index (χ0v) is 19.5.